The zero-order valence-electron chi connectivity index (χ0n) is 19.4. The van der Waals surface area contributed by atoms with E-state index in [9.17, 15) is 22.8 Å². The monoisotopic (exact) mass is 686 g/mol. The lowest BCUT2D eigenvalue weighted by atomic mass is 10.1. The number of nitrogens with one attached hydrogen (secondary N) is 1. The van der Waals surface area contributed by atoms with Gasteiger partial charge in [0.25, 0.3) is 11.8 Å². The molecule has 3 aromatic rings. The Labute approximate surface area is 241 Å². The topological polar surface area (TPSA) is 119 Å². The number of para-hydroxylation sites is 1. The van der Waals surface area contributed by atoms with Gasteiger partial charge in [-0.25, -0.2) is 9.69 Å². The molecule has 3 aromatic carbocycles. The predicted molar refractivity (Wildman–Crippen MR) is 150 cm³/mol. The van der Waals surface area contributed by atoms with Crippen LogP contribution in [0, 0.1) is 3.57 Å². The van der Waals surface area contributed by atoms with Gasteiger partial charge in [-0.2, -0.15) is 8.42 Å². The first-order valence-corrected chi connectivity index (χ1v) is 14.1. The summed E-state index contributed by atoms with van der Waals surface area (Å²) in [6, 6.07) is 13.6. The Bertz CT molecular complexity index is 1590. The molecule has 0 radical (unpaired) electrons. The molecule has 0 aromatic heterocycles. The second-order valence-corrected chi connectivity index (χ2v) is 11.2. The molecule has 9 nitrogen and oxygen atoms in total. The summed E-state index contributed by atoms with van der Waals surface area (Å²) in [4.78, 5) is 38.9. The van der Waals surface area contributed by atoms with E-state index in [-0.39, 0.29) is 39.3 Å². The Hall–Kier alpha value is -3.13. The van der Waals surface area contributed by atoms with Crippen LogP contribution in [0.4, 0.5) is 10.5 Å². The van der Waals surface area contributed by atoms with Crippen molar-refractivity contribution in [3.05, 3.63) is 85.4 Å². The fourth-order valence-electron chi connectivity index (χ4n) is 3.45. The number of imide groups is 2. The molecular weight excluding hydrogens is 670 g/mol. The summed E-state index contributed by atoms with van der Waals surface area (Å²) in [6.45, 7) is 1.86. The molecule has 38 heavy (non-hydrogen) atoms. The average molecular weight is 687 g/mol. The van der Waals surface area contributed by atoms with Crippen molar-refractivity contribution < 1.29 is 31.7 Å². The van der Waals surface area contributed by atoms with E-state index < -0.39 is 28.0 Å². The predicted octanol–water partition coefficient (Wildman–Crippen LogP) is 5.43. The van der Waals surface area contributed by atoms with Crippen molar-refractivity contribution in [3.63, 3.8) is 0 Å². The molecule has 0 aliphatic carbocycles. The number of rotatable bonds is 7. The third kappa shape index (κ3) is 5.80. The molecule has 0 atom stereocenters. The van der Waals surface area contributed by atoms with Gasteiger partial charge in [-0.3, -0.25) is 14.9 Å². The molecular formula is C25H17Cl2IN2O7S. The van der Waals surface area contributed by atoms with Crippen LogP contribution < -0.4 is 19.1 Å². The summed E-state index contributed by atoms with van der Waals surface area (Å²) in [5, 5.41) is 2.63. The Balaban J connectivity index is 1.73. The molecule has 4 rings (SSSR count). The minimum absolute atomic E-state index is 0.0616. The van der Waals surface area contributed by atoms with E-state index in [4.69, 9.17) is 32.1 Å². The van der Waals surface area contributed by atoms with E-state index in [1.807, 2.05) is 22.6 Å². The van der Waals surface area contributed by atoms with Gasteiger partial charge in [0.2, 0.25) is 0 Å². The highest BCUT2D eigenvalue weighted by molar-refractivity contribution is 14.1. The minimum Gasteiger partial charge on any atom is -0.490 e. The number of carbonyl (C=O) groups is 3. The first-order valence-electron chi connectivity index (χ1n) is 10.8. The van der Waals surface area contributed by atoms with Gasteiger partial charge >= 0.3 is 16.1 Å². The fraction of sp³-hybridized carbons (Fsp3) is 0.0800. The maximum absolute atomic E-state index is 13.2. The zero-order chi connectivity index (χ0) is 27.6. The Morgan fingerprint density at radius 2 is 1.71 bits per heavy atom. The van der Waals surface area contributed by atoms with Gasteiger partial charge in [0, 0.05) is 5.02 Å². The summed E-state index contributed by atoms with van der Waals surface area (Å²) in [5.74, 6) is -1.80. The van der Waals surface area contributed by atoms with Crippen LogP contribution in [-0.4, -0.2) is 32.9 Å². The number of barbiturate groups is 1. The lowest BCUT2D eigenvalue weighted by Crippen LogP contribution is -2.54. The van der Waals surface area contributed by atoms with Crippen LogP contribution in [0.2, 0.25) is 10.0 Å². The first kappa shape index (κ1) is 27.9. The normalized spacial score (nSPS) is 15.0. The van der Waals surface area contributed by atoms with Crippen LogP contribution in [0.25, 0.3) is 6.08 Å². The number of halogens is 3. The molecule has 0 spiro atoms. The molecule has 1 saturated heterocycles. The van der Waals surface area contributed by atoms with E-state index in [2.05, 4.69) is 5.32 Å². The molecule has 1 fully saturated rings. The Kier molecular flexibility index (Phi) is 8.31. The van der Waals surface area contributed by atoms with Crippen LogP contribution in [0.15, 0.2) is 71.1 Å². The summed E-state index contributed by atoms with van der Waals surface area (Å²) in [7, 11) is -4.23. The summed E-state index contributed by atoms with van der Waals surface area (Å²) in [5.41, 5.74) is 0.0853. The van der Waals surface area contributed by atoms with E-state index in [1.54, 1.807) is 19.1 Å². The van der Waals surface area contributed by atoms with Gasteiger partial charge in [-0.15, -0.1) is 0 Å². The average Bonchev–Trinajstić information content (AvgIpc) is 2.85. The van der Waals surface area contributed by atoms with Crippen molar-refractivity contribution >= 4 is 85.5 Å². The van der Waals surface area contributed by atoms with Crippen molar-refractivity contribution in [2.45, 2.75) is 11.8 Å². The standard InChI is InChI=1S/C25H17Cl2IN2O7S/c1-2-36-21-13-14(12-19(28)22(21)37-38(34,35)16-9-7-15(26)8-10-16)11-17-23(31)29-25(33)30(24(17)32)20-6-4-3-5-18(20)27/h3-13H,2H2,1H3,(H,29,31,33)/b17-11+. The summed E-state index contributed by atoms with van der Waals surface area (Å²) < 4.78 is 37.0. The van der Waals surface area contributed by atoms with Crippen LogP contribution in [0.1, 0.15) is 12.5 Å². The van der Waals surface area contributed by atoms with E-state index in [0.29, 0.717) is 14.2 Å². The lowest BCUT2D eigenvalue weighted by Gasteiger charge is -2.27. The maximum atomic E-state index is 13.2. The molecule has 196 valence electrons. The minimum atomic E-state index is -4.23. The van der Waals surface area contributed by atoms with E-state index in [1.165, 1.54) is 54.6 Å². The van der Waals surface area contributed by atoms with Crippen molar-refractivity contribution in [2.24, 2.45) is 0 Å². The van der Waals surface area contributed by atoms with Crippen LogP contribution in [0.3, 0.4) is 0 Å². The highest BCUT2D eigenvalue weighted by Gasteiger charge is 2.37. The number of nitrogens with zero attached hydrogens (tertiary/aromatic N) is 1. The highest BCUT2D eigenvalue weighted by Crippen LogP contribution is 2.37. The van der Waals surface area contributed by atoms with Gasteiger partial charge in [0.1, 0.15) is 10.5 Å². The molecule has 1 aliphatic rings. The van der Waals surface area contributed by atoms with Gasteiger partial charge < -0.3 is 8.92 Å². The second kappa shape index (κ2) is 11.3. The Morgan fingerprint density at radius 1 is 1.03 bits per heavy atom. The third-order valence-electron chi connectivity index (χ3n) is 5.13. The van der Waals surface area contributed by atoms with Crippen LogP contribution in [0.5, 0.6) is 11.5 Å². The maximum Gasteiger partial charge on any atom is 0.339 e. The van der Waals surface area contributed by atoms with Crippen molar-refractivity contribution in [3.8, 4) is 11.5 Å². The van der Waals surface area contributed by atoms with Crippen molar-refractivity contribution in [1.82, 2.24) is 5.32 Å². The molecule has 0 unspecified atom stereocenters. The SMILES string of the molecule is CCOc1cc(/C=C2\C(=O)NC(=O)N(c3ccccc3Cl)C2=O)cc(I)c1OS(=O)(=O)c1ccc(Cl)cc1. The third-order valence-corrected chi connectivity index (χ3v) is 7.74. The quantitative estimate of drug-likeness (QED) is 0.152. The largest absolute Gasteiger partial charge is 0.490 e. The van der Waals surface area contributed by atoms with Gasteiger partial charge in [-0.05, 0) is 89.7 Å². The van der Waals surface area contributed by atoms with Gasteiger partial charge in [0.05, 0.1) is 20.9 Å². The number of ether oxygens (including phenoxy) is 1. The van der Waals surface area contributed by atoms with Crippen molar-refractivity contribution in [1.29, 1.82) is 0 Å². The number of carbonyl (C=O) groups excluding carboxylic acids is 3. The number of hydrogen-bond donors (Lipinski definition) is 1. The number of amides is 4. The molecule has 1 heterocycles. The molecule has 0 bridgehead atoms. The highest BCUT2D eigenvalue weighted by atomic mass is 127. The van der Waals surface area contributed by atoms with E-state index >= 15 is 0 Å². The smallest absolute Gasteiger partial charge is 0.339 e. The Morgan fingerprint density at radius 3 is 2.37 bits per heavy atom. The number of benzene rings is 3. The van der Waals surface area contributed by atoms with E-state index in [0.717, 1.165) is 4.90 Å². The lowest BCUT2D eigenvalue weighted by molar-refractivity contribution is -0.122. The molecule has 13 heteroatoms. The number of urea groups is 1. The number of hydrogen-bond acceptors (Lipinski definition) is 7. The van der Waals surface area contributed by atoms with Crippen molar-refractivity contribution in [2.75, 3.05) is 11.5 Å². The molecule has 4 amide bonds. The molecule has 0 saturated carbocycles. The van der Waals surface area contributed by atoms with Crippen LogP contribution >= 0.6 is 45.8 Å². The molecule has 1 aliphatic heterocycles. The van der Waals surface area contributed by atoms with Gasteiger partial charge in [-0.1, -0.05) is 35.3 Å². The summed E-state index contributed by atoms with van der Waals surface area (Å²) >= 11 is 13.9. The van der Waals surface area contributed by atoms with Crippen LogP contribution in [-0.2, 0) is 19.7 Å². The number of anilines is 1. The van der Waals surface area contributed by atoms with Gasteiger partial charge in [0.15, 0.2) is 11.5 Å². The first-order chi connectivity index (χ1) is 18.0. The molecule has 1 N–H and O–H groups in total. The summed E-state index contributed by atoms with van der Waals surface area (Å²) in [6.07, 6.45) is 1.26. The zero-order valence-corrected chi connectivity index (χ0v) is 23.9. The fourth-order valence-corrected chi connectivity index (χ4v) is 5.64. The second-order valence-electron chi connectivity index (χ2n) is 7.66.